The van der Waals surface area contributed by atoms with E-state index in [2.05, 4.69) is 41.5 Å². The van der Waals surface area contributed by atoms with Gasteiger partial charge in [-0.2, -0.15) is 0 Å². The molecule has 1 aromatic heterocycles. The number of rotatable bonds is 5. The largest absolute Gasteiger partial charge is 0.381 e. The molecule has 5 heteroatoms. The number of aromatic nitrogens is 1. The van der Waals surface area contributed by atoms with Crippen LogP contribution < -0.4 is 5.32 Å². The van der Waals surface area contributed by atoms with Crippen molar-refractivity contribution in [3.63, 3.8) is 0 Å². The van der Waals surface area contributed by atoms with Crippen LogP contribution >= 0.6 is 11.6 Å². The molecule has 1 amide bonds. The van der Waals surface area contributed by atoms with Crippen LogP contribution in [0, 0.1) is 6.92 Å². The van der Waals surface area contributed by atoms with Crippen molar-refractivity contribution in [3.05, 3.63) is 100 Å². The molecule has 3 aromatic rings. The standard InChI is InChI=1S/C25H25ClN2O2/c1-18-4-6-19(7-5-18)23(20-3-2-14-27-17-20)28-24(29)25(12-15-30-16-13-25)21-8-10-22(26)11-9-21/h2-11,14,17,23H,12-13,15-16H2,1H3,(H,28,29)/t23-/m1/s1. The fraction of sp³-hybridized carbons (Fsp3) is 0.280. The third-order valence-corrected chi connectivity index (χ3v) is 6.13. The first-order valence-electron chi connectivity index (χ1n) is 10.2. The summed E-state index contributed by atoms with van der Waals surface area (Å²) < 4.78 is 5.59. The van der Waals surface area contributed by atoms with Crippen LogP contribution in [0.3, 0.4) is 0 Å². The van der Waals surface area contributed by atoms with Gasteiger partial charge in [-0.1, -0.05) is 59.6 Å². The van der Waals surface area contributed by atoms with Crippen molar-refractivity contribution in [1.29, 1.82) is 0 Å². The number of hydrogen-bond donors (Lipinski definition) is 1. The zero-order chi connectivity index (χ0) is 21.0. The van der Waals surface area contributed by atoms with Gasteiger partial charge in [0.25, 0.3) is 0 Å². The summed E-state index contributed by atoms with van der Waals surface area (Å²) in [7, 11) is 0. The minimum atomic E-state index is -0.645. The molecule has 154 valence electrons. The molecule has 0 spiro atoms. The minimum absolute atomic E-state index is 0.00236. The molecular formula is C25H25ClN2O2. The molecule has 4 rings (SSSR count). The van der Waals surface area contributed by atoms with Gasteiger partial charge in [-0.25, -0.2) is 0 Å². The molecule has 1 aliphatic heterocycles. The normalized spacial score (nSPS) is 16.6. The monoisotopic (exact) mass is 420 g/mol. The summed E-state index contributed by atoms with van der Waals surface area (Å²) in [6.07, 6.45) is 4.82. The van der Waals surface area contributed by atoms with Crippen molar-refractivity contribution in [2.75, 3.05) is 13.2 Å². The second kappa shape index (κ2) is 8.99. The van der Waals surface area contributed by atoms with Crippen LogP contribution in [0.5, 0.6) is 0 Å². The summed E-state index contributed by atoms with van der Waals surface area (Å²) in [5.41, 5.74) is 3.49. The van der Waals surface area contributed by atoms with Gasteiger partial charge in [-0.15, -0.1) is 0 Å². The second-order valence-corrected chi connectivity index (χ2v) is 8.24. The van der Waals surface area contributed by atoms with E-state index in [1.54, 1.807) is 6.20 Å². The van der Waals surface area contributed by atoms with E-state index in [0.717, 1.165) is 16.7 Å². The number of nitrogens with one attached hydrogen (secondary N) is 1. The number of nitrogens with zero attached hydrogens (tertiary/aromatic N) is 1. The van der Waals surface area contributed by atoms with E-state index in [1.165, 1.54) is 5.56 Å². The summed E-state index contributed by atoms with van der Waals surface area (Å²) >= 11 is 6.10. The fourth-order valence-electron chi connectivity index (χ4n) is 4.07. The van der Waals surface area contributed by atoms with Crippen LogP contribution in [0.15, 0.2) is 73.1 Å². The van der Waals surface area contributed by atoms with Gasteiger partial charge in [0.2, 0.25) is 5.91 Å². The van der Waals surface area contributed by atoms with E-state index >= 15 is 0 Å². The predicted molar refractivity (Wildman–Crippen MR) is 119 cm³/mol. The van der Waals surface area contributed by atoms with Crippen molar-refractivity contribution in [2.45, 2.75) is 31.2 Å². The SMILES string of the molecule is Cc1ccc([C@@H](NC(=O)C2(c3ccc(Cl)cc3)CCOCC2)c2cccnc2)cc1. The Hall–Kier alpha value is -2.69. The van der Waals surface area contributed by atoms with Crippen LogP contribution in [-0.4, -0.2) is 24.1 Å². The summed E-state index contributed by atoms with van der Waals surface area (Å²) in [5, 5.41) is 3.99. The molecule has 1 N–H and O–H groups in total. The number of benzene rings is 2. The maximum atomic E-state index is 13.8. The quantitative estimate of drug-likeness (QED) is 0.632. The Labute approximate surface area is 182 Å². The van der Waals surface area contributed by atoms with E-state index < -0.39 is 5.41 Å². The van der Waals surface area contributed by atoms with E-state index in [-0.39, 0.29) is 11.9 Å². The van der Waals surface area contributed by atoms with Crippen LogP contribution in [0.4, 0.5) is 0 Å². The summed E-state index contributed by atoms with van der Waals surface area (Å²) in [4.78, 5) is 18.1. The molecule has 4 nitrogen and oxygen atoms in total. The highest BCUT2D eigenvalue weighted by Gasteiger charge is 2.42. The van der Waals surface area contributed by atoms with Gasteiger partial charge in [0.15, 0.2) is 0 Å². The first-order valence-corrected chi connectivity index (χ1v) is 10.6. The van der Waals surface area contributed by atoms with Crippen molar-refractivity contribution in [2.24, 2.45) is 0 Å². The predicted octanol–water partition coefficient (Wildman–Crippen LogP) is 5.00. The number of ether oxygens (including phenoxy) is 1. The number of carbonyl (C=O) groups is 1. The topological polar surface area (TPSA) is 51.2 Å². The number of halogens is 1. The molecule has 30 heavy (non-hydrogen) atoms. The fourth-order valence-corrected chi connectivity index (χ4v) is 4.20. The average Bonchev–Trinajstić information content (AvgIpc) is 2.79. The number of aryl methyl sites for hydroxylation is 1. The number of amides is 1. The maximum Gasteiger partial charge on any atom is 0.231 e. The van der Waals surface area contributed by atoms with Gasteiger partial charge in [0, 0.05) is 30.6 Å². The van der Waals surface area contributed by atoms with E-state index in [0.29, 0.717) is 31.1 Å². The molecule has 1 saturated heterocycles. The molecule has 2 heterocycles. The number of carbonyl (C=O) groups excluding carboxylic acids is 1. The Morgan fingerprint density at radius 3 is 2.37 bits per heavy atom. The maximum absolute atomic E-state index is 13.8. The molecule has 1 atom stereocenters. The van der Waals surface area contributed by atoms with Gasteiger partial charge >= 0.3 is 0 Å². The molecule has 1 fully saturated rings. The second-order valence-electron chi connectivity index (χ2n) is 7.80. The highest BCUT2D eigenvalue weighted by molar-refractivity contribution is 6.30. The summed E-state index contributed by atoms with van der Waals surface area (Å²) in [5.74, 6) is 0.00236. The van der Waals surface area contributed by atoms with Crippen molar-refractivity contribution >= 4 is 17.5 Å². The summed E-state index contributed by atoms with van der Waals surface area (Å²) in [6.45, 7) is 3.16. The van der Waals surface area contributed by atoms with Gasteiger partial charge in [-0.05, 0) is 54.7 Å². The Balaban J connectivity index is 1.71. The van der Waals surface area contributed by atoms with Gasteiger partial charge in [0.1, 0.15) is 0 Å². The van der Waals surface area contributed by atoms with E-state index in [1.807, 2.05) is 42.6 Å². The Morgan fingerprint density at radius 1 is 1.03 bits per heavy atom. The zero-order valence-corrected chi connectivity index (χ0v) is 17.7. The van der Waals surface area contributed by atoms with Gasteiger partial charge in [0.05, 0.1) is 11.5 Å². The highest BCUT2D eigenvalue weighted by Crippen LogP contribution is 2.37. The molecule has 0 radical (unpaired) electrons. The lowest BCUT2D eigenvalue weighted by Crippen LogP contribution is -2.49. The Morgan fingerprint density at radius 2 is 1.73 bits per heavy atom. The lowest BCUT2D eigenvalue weighted by molar-refractivity contribution is -0.131. The van der Waals surface area contributed by atoms with Crippen LogP contribution in [-0.2, 0) is 14.9 Å². The van der Waals surface area contributed by atoms with Crippen molar-refractivity contribution in [3.8, 4) is 0 Å². The summed E-state index contributed by atoms with van der Waals surface area (Å²) in [6, 6.07) is 19.5. The van der Waals surface area contributed by atoms with Crippen molar-refractivity contribution in [1.82, 2.24) is 10.3 Å². The first-order chi connectivity index (χ1) is 14.6. The third-order valence-electron chi connectivity index (χ3n) is 5.88. The Kier molecular flexibility index (Phi) is 6.16. The minimum Gasteiger partial charge on any atom is -0.381 e. The molecule has 0 unspecified atom stereocenters. The van der Waals surface area contributed by atoms with Crippen molar-refractivity contribution < 1.29 is 9.53 Å². The number of pyridine rings is 1. The molecule has 1 aliphatic rings. The molecular weight excluding hydrogens is 396 g/mol. The van der Waals surface area contributed by atoms with Gasteiger partial charge < -0.3 is 10.1 Å². The van der Waals surface area contributed by atoms with E-state index in [4.69, 9.17) is 16.3 Å². The van der Waals surface area contributed by atoms with E-state index in [9.17, 15) is 4.79 Å². The van der Waals surface area contributed by atoms with Gasteiger partial charge in [-0.3, -0.25) is 9.78 Å². The van der Waals surface area contributed by atoms with Crippen LogP contribution in [0.1, 0.15) is 41.1 Å². The molecule has 2 aromatic carbocycles. The first kappa shape index (κ1) is 20.6. The third kappa shape index (κ3) is 4.25. The smallest absolute Gasteiger partial charge is 0.231 e. The Bertz CT molecular complexity index is 982. The lowest BCUT2D eigenvalue weighted by atomic mass is 9.73. The zero-order valence-electron chi connectivity index (χ0n) is 17.0. The van der Waals surface area contributed by atoms with Crippen LogP contribution in [0.25, 0.3) is 0 Å². The number of hydrogen-bond acceptors (Lipinski definition) is 3. The lowest BCUT2D eigenvalue weighted by Gasteiger charge is -2.37. The highest BCUT2D eigenvalue weighted by atomic mass is 35.5. The molecule has 0 bridgehead atoms. The average molecular weight is 421 g/mol. The molecule has 0 saturated carbocycles. The van der Waals surface area contributed by atoms with Crippen LogP contribution in [0.2, 0.25) is 5.02 Å². The molecule has 0 aliphatic carbocycles.